The predicted molar refractivity (Wildman–Crippen MR) is 109 cm³/mol. The van der Waals surface area contributed by atoms with Gasteiger partial charge >= 0.3 is 5.97 Å². The van der Waals surface area contributed by atoms with E-state index in [1.165, 1.54) is 28.6 Å². The van der Waals surface area contributed by atoms with Crippen molar-refractivity contribution in [3.63, 3.8) is 0 Å². The molecular weight excluding hydrogens is 392 g/mol. The average molecular weight is 423 g/mol. The largest absolute Gasteiger partial charge is 0.452 e. The van der Waals surface area contributed by atoms with Crippen molar-refractivity contribution in [2.24, 2.45) is 5.92 Å². The zero-order valence-corrected chi connectivity index (χ0v) is 17.8. The number of piperidine rings is 1. The number of hydrogen-bond acceptors (Lipinski definition) is 5. The van der Waals surface area contributed by atoms with Crippen LogP contribution in [-0.2, 0) is 19.6 Å². The number of sulfonamides is 1. The van der Waals surface area contributed by atoms with Gasteiger partial charge in [0.05, 0.1) is 10.5 Å². The maximum absolute atomic E-state index is 12.9. The molecule has 1 aromatic rings. The minimum absolute atomic E-state index is 0.0881. The standard InChI is InChI=1S/C21H30N2O5S/c1-17-9-13-22(14-10-17)20(24)16-28-21(25)18-7-6-8-19(15-18)29(26,27)23-11-4-2-3-5-12-23/h6-8,15,17H,2-5,9-14,16H2,1H3. The molecule has 0 saturated carbocycles. The Hall–Kier alpha value is -1.93. The summed E-state index contributed by atoms with van der Waals surface area (Å²) < 4.78 is 32.5. The molecule has 160 valence electrons. The van der Waals surface area contributed by atoms with Crippen molar-refractivity contribution in [1.82, 2.24) is 9.21 Å². The number of esters is 1. The van der Waals surface area contributed by atoms with E-state index in [1.807, 2.05) is 0 Å². The van der Waals surface area contributed by atoms with Crippen LogP contribution in [0.1, 0.15) is 55.8 Å². The van der Waals surface area contributed by atoms with Crippen LogP contribution in [0.25, 0.3) is 0 Å². The number of amides is 1. The molecule has 0 bridgehead atoms. The zero-order chi connectivity index (χ0) is 20.9. The Kier molecular flexibility index (Phi) is 7.29. The van der Waals surface area contributed by atoms with Crippen molar-refractivity contribution in [1.29, 1.82) is 0 Å². The fraction of sp³-hybridized carbons (Fsp3) is 0.619. The molecule has 1 amide bonds. The van der Waals surface area contributed by atoms with E-state index in [-0.39, 0.29) is 23.0 Å². The van der Waals surface area contributed by atoms with Crippen molar-refractivity contribution in [3.8, 4) is 0 Å². The van der Waals surface area contributed by atoms with E-state index >= 15 is 0 Å². The third-order valence-electron chi connectivity index (χ3n) is 5.74. The van der Waals surface area contributed by atoms with Gasteiger partial charge in [-0.1, -0.05) is 25.8 Å². The fourth-order valence-electron chi connectivity index (χ4n) is 3.77. The van der Waals surface area contributed by atoms with Gasteiger partial charge in [-0.3, -0.25) is 4.79 Å². The van der Waals surface area contributed by atoms with Gasteiger partial charge in [0.1, 0.15) is 0 Å². The molecule has 2 saturated heterocycles. The average Bonchev–Trinajstić information content (AvgIpc) is 3.02. The lowest BCUT2D eigenvalue weighted by molar-refractivity contribution is -0.135. The number of hydrogen-bond donors (Lipinski definition) is 0. The lowest BCUT2D eigenvalue weighted by atomic mass is 9.99. The molecule has 2 aliphatic rings. The van der Waals surface area contributed by atoms with Crippen molar-refractivity contribution in [2.45, 2.75) is 50.3 Å². The van der Waals surface area contributed by atoms with Gasteiger partial charge < -0.3 is 9.64 Å². The fourth-order valence-corrected chi connectivity index (χ4v) is 5.34. The highest BCUT2D eigenvalue weighted by atomic mass is 32.2. The number of nitrogens with zero attached hydrogens (tertiary/aromatic N) is 2. The van der Waals surface area contributed by atoms with Gasteiger partial charge in [0.2, 0.25) is 10.0 Å². The second-order valence-corrected chi connectivity index (χ2v) is 9.92. The van der Waals surface area contributed by atoms with Gasteiger partial charge in [-0.15, -0.1) is 0 Å². The summed E-state index contributed by atoms with van der Waals surface area (Å²) in [5, 5.41) is 0. The maximum Gasteiger partial charge on any atom is 0.338 e. The third kappa shape index (κ3) is 5.57. The molecule has 0 aliphatic carbocycles. The SMILES string of the molecule is CC1CCN(C(=O)COC(=O)c2cccc(S(=O)(=O)N3CCCCCC3)c2)CC1. The summed E-state index contributed by atoms with van der Waals surface area (Å²) in [5.41, 5.74) is 0.140. The van der Waals surface area contributed by atoms with E-state index < -0.39 is 16.0 Å². The minimum Gasteiger partial charge on any atom is -0.452 e. The number of benzene rings is 1. The summed E-state index contributed by atoms with van der Waals surface area (Å²) in [4.78, 5) is 26.4. The van der Waals surface area contributed by atoms with Crippen LogP contribution in [0.4, 0.5) is 0 Å². The number of ether oxygens (including phenoxy) is 1. The molecule has 8 heteroatoms. The second-order valence-electron chi connectivity index (χ2n) is 7.99. The first kappa shape index (κ1) is 21.8. The monoisotopic (exact) mass is 422 g/mol. The van der Waals surface area contributed by atoms with Gasteiger partial charge in [-0.25, -0.2) is 13.2 Å². The molecule has 2 fully saturated rings. The summed E-state index contributed by atoms with van der Waals surface area (Å²) >= 11 is 0. The quantitative estimate of drug-likeness (QED) is 0.681. The summed E-state index contributed by atoms with van der Waals surface area (Å²) in [6, 6.07) is 5.89. The molecule has 0 N–H and O–H groups in total. The molecule has 3 rings (SSSR count). The van der Waals surface area contributed by atoms with Crippen LogP contribution < -0.4 is 0 Å². The van der Waals surface area contributed by atoms with Crippen LogP contribution in [0.5, 0.6) is 0 Å². The maximum atomic E-state index is 12.9. The van der Waals surface area contributed by atoms with E-state index in [0.29, 0.717) is 32.1 Å². The Morgan fingerprint density at radius 3 is 2.34 bits per heavy atom. The second kappa shape index (κ2) is 9.71. The highest BCUT2D eigenvalue weighted by molar-refractivity contribution is 7.89. The predicted octanol–water partition coefficient (Wildman–Crippen LogP) is 2.67. The van der Waals surface area contributed by atoms with Crippen LogP contribution in [0.2, 0.25) is 0 Å². The summed E-state index contributed by atoms with van der Waals surface area (Å²) in [5.74, 6) is -0.286. The normalized spacial score (nSPS) is 19.6. The van der Waals surface area contributed by atoms with E-state index in [1.54, 1.807) is 4.90 Å². The molecule has 2 aliphatic heterocycles. The molecular formula is C21H30N2O5S. The van der Waals surface area contributed by atoms with E-state index in [9.17, 15) is 18.0 Å². The van der Waals surface area contributed by atoms with Gasteiger partial charge in [-0.2, -0.15) is 4.31 Å². The van der Waals surface area contributed by atoms with Crippen LogP contribution in [0.3, 0.4) is 0 Å². The van der Waals surface area contributed by atoms with Crippen molar-refractivity contribution < 1.29 is 22.7 Å². The Labute approximate surface area is 173 Å². The summed E-state index contributed by atoms with van der Waals surface area (Å²) in [6.45, 7) is 4.20. The van der Waals surface area contributed by atoms with E-state index in [4.69, 9.17) is 4.74 Å². The zero-order valence-electron chi connectivity index (χ0n) is 17.0. The summed E-state index contributed by atoms with van der Waals surface area (Å²) in [6.07, 6.45) is 5.66. The molecule has 0 unspecified atom stereocenters. The van der Waals surface area contributed by atoms with Crippen LogP contribution in [-0.4, -0.2) is 62.3 Å². The van der Waals surface area contributed by atoms with Gasteiger partial charge in [0.25, 0.3) is 5.91 Å². The molecule has 0 aromatic heterocycles. The summed E-state index contributed by atoms with van der Waals surface area (Å²) in [7, 11) is -3.64. The minimum atomic E-state index is -3.64. The number of rotatable bonds is 5. The lowest BCUT2D eigenvalue weighted by Gasteiger charge is -2.30. The van der Waals surface area contributed by atoms with Gasteiger partial charge in [-0.05, 0) is 49.8 Å². The molecule has 0 radical (unpaired) electrons. The number of likely N-dealkylation sites (tertiary alicyclic amines) is 1. The smallest absolute Gasteiger partial charge is 0.338 e. The number of carbonyl (C=O) groups is 2. The third-order valence-corrected chi connectivity index (χ3v) is 7.63. The molecule has 2 heterocycles. The Morgan fingerprint density at radius 2 is 1.69 bits per heavy atom. The van der Waals surface area contributed by atoms with Crippen molar-refractivity contribution in [2.75, 3.05) is 32.8 Å². The molecule has 29 heavy (non-hydrogen) atoms. The molecule has 0 spiro atoms. The lowest BCUT2D eigenvalue weighted by Crippen LogP contribution is -2.40. The van der Waals surface area contributed by atoms with Crippen molar-refractivity contribution in [3.05, 3.63) is 29.8 Å². The van der Waals surface area contributed by atoms with Gasteiger partial charge in [0.15, 0.2) is 6.61 Å². The highest BCUT2D eigenvalue weighted by Gasteiger charge is 2.26. The molecule has 7 nitrogen and oxygen atoms in total. The first-order valence-electron chi connectivity index (χ1n) is 10.4. The van der Waals surface area contributed by atoms with E-state index in [0.717, 1.165) is 38.5 Å². The van der Waals surface area contributed by atoms with Crippen LogP contribution in [0, 0.1) is 5.92 Å². The van der Waals surface area contributed by atoms with Crippen LogP contribution in [0.15, 0.2) is 29.2 Å². The first-order chi connectivity index (χ1) is 13.9. The van der Waals surface area contributed by atoms with Crippen LogP contribution >= 0.6 is 0 Å². The Morgan fingerprint density at radius 1 is 1.03 bits per heavy atom. The Balaban J connectivity index is 1.62. The molecule has 0 atom stereocenters. The first-order valence-corrected chi connectivity index (χ1v) is 11.9. The molecule has 1 aromatic carbocycles. The van der Waals surface area contributed by atoms with Crippen molar-refractivity contribution >= 4 is 21.9 Å². The van der Waals surface area contributed by atoms with Gasteiger partial charge in [0, 0.05) is 26.2 Å². The number of carbonyl (C=O) groups excluding carboxylic acids is 2. The topological polar surface area (TPSA) is 84.0 Å². The van der Waals surface area contributed by atoms with E-state index in [2.05, 4.69) is 6.92 Å². The highest BCUT2D eigenvalue weighted by Crippen LogP contribution is 2.21. The Bertz CT molecular complexity index is 823.